The standard InChI is InChI=1S/C14H21IN6O2/c1-14(2,3)23-13(22)20-5-4-9(6-20)7-21-12-10(15-19-21)11(16)17-8-18-12/h8-9H,4-7H2,1-3H3,(H2,16,17,18). The third-order valence-corrected chi connectivity index (χ3v) is 5.88. The number of nitrogen functional groups attached to an aromatic ring is 1. The molecule has 2 aliphatic heterocycles. The molecule has 2 aliphatic rings. The summed E-state index contributed by atoms with van der Waals surface area (Å²) in [6.45, 7) is 7.81. The van der Waals surface area contributed by atoms with Crippen LogP contribution < -0.4 is 10.7 Å². The maximum absolute atomic E-state index is 12.1. The van der Waals surface area contributed by atoms with Crippen molar-refractivity contribution in [1.29, 1.82) is 0 Å². The van der Waals surface area contributed by atoms with E-state index in [0.29, 0.717) is 18.3 Å². The molecule has 0 spiro atoms. The Morgan fingerprint density at radius 1 is 1.48 bits per heavy atom. The van der Waals surface area contributed by atoms with Gasteiger partial charge >= 0.3 is 6.09 Å². The van der Waals surface area contributed by atoms with Gasteiger partial charge in [0.05, 0.1) is 21.0 Å². The van der Waals surface area contributed by atoms with Gasteiger partial charge in [0.15, 0.2) is 5.82 Å². The van der Waals surface area contributed by atoms with Gasteiger partial charge < -0.3 is 15.4 Å². The Morgan fingerprint density at radius 3 is 3.00 bits per heavy atom. The van der Waals surface area contributed by atoms with Crippen LogP contribution in [0.15, 0.2) is 9.58 Å². The van der Waals surface area contributed by atoms with Crippen LogP contribution in [0, 0.1) is 9.49 Å². The van der Waals surface area contributed by atoms with E-state index in [-0.39, 0.29) is 6.09 Å². The number of aromatic nitrogens is 2. The molecule has 1 atom stereocenters. The maximum atomic E-state index is 12.1. The quantitative estimate of drug-likeness (QED) is 0.721. The van der Waals surface area contributed by atoms with Crippen LogP contribution in [0.3, 0.4) is 0 Å². The second-order valence-electron chi connectivity index (χ2n) is 6.72. The van der Waals surface area contributed by atoms with Crippen molar-refractivity contribution in [3.8, 4) is 0 Å². The van der Waals surface area contributed by atoms with Crippen LogP contribution >= 0.6 is 21.0 Å². The lowest BCUT2D eigenvalue weighted by Crippen LogP contribution is -2.36. The fraction of sp³-hybridized carbons (Fsp3) is 0.643. The van der Waals surface area contributed by atoms with Crippen molar-refractivity contribution in [2.75, 3.05) is 30.4 Å². The minimum atomic E-state index is -0.509. The highest BCUT2D eigenvalue weighted by Gasteiger charge is 2.32. The Kier molecular flexibility index (Phi) is 4.39. The number of carbonyl (C=O) groups excluding carboxylic acids is 1. The Bertz CT molecular complexity index is 645. The predicted molar refractivity (Wildman–Crippen MR) is 94.8 cm³/mol. The molecule has 0 saturated carbocycles. The van der Waals surface area contributed by atoms with E-state index >= 15 is 0 Å². The van der Waals surface area contributed by atoms with E-state index in [9.17, 15) is 4.79 Å². The zero-order valence-electron chi connectivity index (χ0n) is 13.5. The van der Waals surface area contributed by atoms with E-state index in [1.54, 1.807) is 4.90 Å². The smallest absolute Gasteiger partial charge is 0.410 e. The summed E-state index contributed by atoms with van der Waals surface area (Å²) in [6.07, 6.45) is 2.19. The monoisotopic (exact) mass is 432 g/mol. The SMILES string of the molecule is CC(C)(C)OC(=O)N1CCC(CN2N=Ic3c(N)ncnc32)C1. The summed E-state index contributed by atoms with van der Waals surface area (Å²) < 4.78 is 11.0. The summed E-state index contributed by atoms with van der Waals surface area (Å²) in [5.41, 5.74) is 5.42. The number of amides is 1. The van der Waals surface area contributed by atoms with Crippen molar-refractivity contribution in [1.82, 2.24) is 14.9 Å². The molecule has 2 N–H and O–H groups in total. The molecule has 1 saturated heterocycles. The number of likely N-dealkylation sites (tertiary alicyclic amines) is 1. The van der Waals surface area contributed by atoms with Crippen molar-refractivity contribution >= 4 is 38.8 Å². The number of nitrogens with two attached hydrogens (primary N) is 1. The minimum Gasteiger partial charge on any atom is -0.444 e. The molecule has 1 amide bonds. The number of rotatable bonds is 2. The third kappa shape index (κ3) is 3.70. The average Bonchev–Trinajstić information content (AvgIpc) is 3.06. The molecule has 0 bridgehead atoms. The van der Waals surface area contributed by atoms with Crippen LogP contribution in [0.4, 0.5) is 16.4 Å². The number of ether oxygens (including phenoxy) is 1. The molecular weight excluding hydrogens is 411 g/mol. The number of fused-ring (bicyclic) bond motifs is 1. The average molecular weight is 432 g/mol. The molecule has 0 aromatic carbocycles. The number of hydrogen-bond acceptors (Lipinski definition) is 7. The van der Waals surface area contributed by atoms with Gasteiger partial charge in [0.2, 0.25) is 0 Å². The first-order valence-corrected chi connectivity index (χ1v) is 9.59. The fourth-order valence-corrected chi connectivity index (χ4v) is 4.47. The molecule has 1 unspecified atom stereocenters. The predicted octanol–water partition coefficient (Wildman–Crippen LogP) is 2.37. The number of nitrogens with zero attached hydrogens (tertiary/aromatic N) is 5. The molecule has 8 nitrogen and oxygen atoms in total. The third-order valence-electron chi connectivity index (χ3n) is 3.62. The summed E-state index contributed by atoms with van der Waals surface area (Å²) >= 11 is -0.509. The van der Waals surface area contributed by atoms with Gasteiger partial charge in [-0.25, -0.2) is 19.8 Å². The van der Waals surface area contributed by atoms with Crippen LogP contribution in [0.1, 0.15) is 27.2 Å². The highest BCUT2D eigenvalue weighted by atomic mass is 127. The second kappa shape index (κ2) is 6.17. The van der Waals surface area contributed by atoms with Gasteiger partial charge in [-0.15, -0.1) is 3.25 Å². The molecule has 1 aromatic rings. The number of anilines is 2. The number of carbonyl (C=O) groups is 1. The van der Waals surface area contributed by atoms with Crippen LogP contribution in [0.5, 0.6) is 0 Å². The van der Waals surface area contributed by atoms with Crippen molar-refractivity contribution in [3.05, 3.63) is 9.90 Å². The van der Waals surface area contributed by atoms with E-state index in [0.717, 1.165) is 28.9 Å². The van der Waals surface area contributed by atoms with Gasteiger partial charge in [0, 0.05) is 19.6 Å². The highest BCUT2D eigenvalue weighted by molar-refractivity contribution is 14.2. The first kappa shape index (κ1) is 16.3. The zero-order chi connectivity index (χ0) is 16.6. The Hall–Kier alpha value is -1.52. The molecule has 9 heteroatoms. The summed E-state index contributed by atoms with van der Waals surface area (Å²) in [4.78, 5) is 22.2. The molecule has 126 valence electrons. The molecule has 0 radical (unpaired) electrons. The van der Waals surface area contributed by atoms with Crippen molar-refractivity contribution in [2.24, 2.45) is 9.17 Å². The van der Waals surface area contributed by atoms with Crippen molar-refractivity contribution in [3.63, 3.8) is 0 Å². The van der Waals surface area contributed by atoms with Crippen LogP contribution in [0.2, 0.25) is 0 Å². The second-order valence-corrected chi connectivity index (χ2v) is 8.71. The molecule has 3 heterocycles. The van der Waals surface area contributed by atoms with E-state index in [4.69, 9.17) is 10.5 Å². The molecule has 1 fully saturated rings. The van der Waals surface area contributed by atoms with Gasteiger partial charge in [-0.1, -0.05) is 0 Å². The Balaban J connectivity index is 1.59. The lowest BCUT2D eigenvalue weighted by atomic mass is 10.1. The van der Waals surface area contributed by atoms with E-state index in [1.807, 2.05) is 25.8 Å². The molecular formula is C14H21IN6O2. The molecule has 3 rings (SSSR count). The normalized spacial score (nSPS) is 20.4. The first-order valence-electron chi connectivity index (χ1n) is 7.54. The van der Waals surface area contributed by atoms with Gasteiger partial charge in [-0.05, 0) is 33.1 Å². The molecule has 23 heavy (non-hydrogen) atoms. The van der Waals surface area contributed by atoms with Gasteiger partial charge in [0.25, 0.3) is 0 Å². The summed E-state index contributed by atoms with van der Waals surface area (Å²) in [5, 5.41) is 1.93. The van der Waals surface area contributed by atoms with Crippen LogP contribution in [-0.4, -0.2) is 46.2 Å². The van der Waals surface area contributed by atoms with E-state index in [2.05, 4.69) is 13.2 Å². The van der Waals surface area contributed by atoms with Gasteiger partial charge in [0.1, 0.15) is 21.3 Å². The van der Waals surface area contributed by atoms with Gasteiger partial charge in [-0.2, -0.15) is 0 Å². The summed E-state index contributed by atoms with van der Waals surface area (Å²) in [5.74, 6) is 1.73. The van der Waals surface area contributed by atoms with E-state index in [1.165, 1.54) is 6.33 Å². The lowest BCUT2D eigenvalue weighted by molar-refractivity contribution is 0.0288. The Labute approximate surface area is 145 Å². The minimum absolute atomic E-state index is 0.238. The maximum Gasteiger partial charge on any atom is 0.410 e. The lowest BCUT2D eigenvalue weighted by Gasteiger charge is -2.24. The summed E-state index contributed by atoms with van der Waals surface area (Å²) in [7, 11) is 0. The summed E-state index contributed by atoms with van der Waals surface area (Å²) in [6, 6.07) is 0. The number of halogens is 1. The van der Waals surface area contributed by atoms with Gasteiger partial charge in [-0.3, -0.25) is 0 Å². The number of hydrogen-bond donors (Lipinski definition) is 1. The van der Waals surface area contributed by atoms with Crippen LogP contribution in [-0.2, 0) is 4.74 Å². The molecule has 0 aliphatic carbocycles. The first-order chi connectivity index (χ1) is 10.8. The molecule has 1 aromatic heterocycles. The fourth-order valence-electron chi connectivity index (χ4n) is 2.59. The largest absolute Gasteiger partial charge is 0.444 e. The van der Waals surface area contributed by atoms with E-state index < -0.39 is 26.6 Å². The highest BCUT2D eigenvalue weighted by Crippen LogP contribution is 2.36. The Morgan fingerprint density at radius 2 is 2.26 bits per heavy atom. The topological polar surface area (TPSA) is 96.9 Å². The van der Waals surface area contributed by atoms with Crippen molar-refractivity contribution < 1.29 is 9.53 Å². The van der Waals surface area contributed by atoms with Crippen LogP contribution in [0.25, 0.3) is 0 Å². The van der Waals surface area contributed by atoms with Crippen molar-refractivity contribution in [2.45, 2.75) is 32.8 Å². The zero-order valence-corrected chi connectivity index (χ0v) is 15.6.